The largest absolute Gasteiger partial charge is 0.456 e. The molecule has 0 amide bonds. The van der Waals surface area contributed by atoms with Crippen LogP contribution < -0.4 is 19.3 Å². The topological polar surface area (TPSA) is 24.9 Å². The van der Waals surface area contributed by atoms with Crippen molar-refractivity contribution in [2.45, 2.75) is 112 Å². The van der Waals surface area contributed by atoms with Gasteiger partial charge in [-0.3, -0.25) is 0 Å². The molecule has 0 saturated heterocycles. The molecule has 66 heavy (non-hydrogen) atoms. The Kier molecular flexibility index (Phi) is 10.2. The van der Waals surface area contributed by atoms with E-state index in [0.717, 1.165) is 85.2 Å². The highest BCUT2D eigenvalue weighted by Crippen LogP contribution is 2.56. The molecule has 0 spiro atoms. The van der Waals surface area contributed by atoms with Gasteiger partial charge in [0, 0.05) is 62.5 Å². The molecule has 0 saturated carbocycles. The lowest BCUT2D eigenvalue weighted by Crippen LogP contribution is -2.31. The Balaban J connectivity index is 1.02. The van der Waals surface area contributed by atoms with E-state index in [1.54, 1.807) is 0 Å². The highest BCUT2D eigenvalue weighted by molar-refractivity contribution is 6.14. The SMILES string of the molecule is CC(C)(C)C1=CCC(N(c2ccc(C(C)(C)C)cc2)c2ccc3c(c2)Oc2ccc4c5c(ccc-3c25)-c2ccc(N(c3ccc(C(C)(C)C)cc3)c3ccc(C(C)(C)C)cc3)cc2O4)C=C1. The molecule has 0 aromatic heterocycles. The summed E-state index contributed by atoms with van der Waals surface area (Å²) in [5, 5.41) is 2.17. The van der Waals surface area contributed by atoms with Gasteiger partial charge in [-0.25, -0.2) is 0 Å². The number of rotatable bonds is 6. The number of hydrogen-bond donors (Lipinski definition) is 0. The van der Waals surface area contributed by atoms with Gasteiger partial charge in [-0.1, -0.05) is 150 Å². The standard InChI is InChI=1S/C62H64N2O2/c1-59(2,3)39-13-21-43(22-14-39)63(44-23-15-40(16-24-44)60(4,5)6)47-29-31-49-51-33-34-52-50-32-30-48(38-56(50)66-54-36-35-53(57(51)58(52)54)65-55(49)37-47)64(45-25-17-41(18-26-45)61(7,8)9)46-27-19-42(20-28-46)62(10,11)12/h13-27,29-38,46H,28H2,1-12H3. The summed E-state index contributed by atoms with van der Waals surface area (Å²) in [6.07, 6.45) is 8.04. The summed E-state index contributed by atoms with van der Waals surface area (Å²) in [5.41, 5.74) is 15.6. The molecule has 3 aliphatic rings. The third-order valence-corrected chi connectivity index (χ3v) is 13.8. The van der Waals surface area contributed by atoms with Crippen LogP contribution in [0.5, 0.6) is 23.0 Å². The van der Waals surface area contributed by atoms with Gasteiger partial charge in [0.2, 0.25) is 0 Å². The first kappa shape index (κ1) is 43.4. The fraction of sp³-hybridized carbons (Fsp3) is 0.290. The Bertz CT molecular complexity index is 3010. The quantitative estimate of drug-likeness (QED) is 0.166. The average Bonchev–Trinajstić information content (AvgIpc) is 3.27. The van der Waals surface area contributed by atoms with E-state index in [1.807, 2.05) is 0 Å². The molecule has 1 aliphatic carbocycles. The van der Waals surface area contributed by atoms with E-state index in [0.29, 0.717) is 0 Å². The maximum atomic E-state index is 6.94. The van der Waals surface area contributed by atoms with Crippen molar-refractivity contribution in [1.82, 2.24) is 0 Å². The molecule has 0 bridgehead atoms. The zero-order valence-corrected chi connectivity index (χ0v) is 40.9. The molecule has 4 heteroatoms. The van der Waals surface area contributed by atoms with Gasteiger partial charge in [0.1, 0.15) is 23.0 Å². The van der Waals surface area contributed by atoms with Crippen molar-refractivity contribution in [3.05, 3.63) is 174 Å². The normalized spacial score (nSPS) is 15.3. The lowest BCUT2D eigenvalue weighted by Gasteiger charge is -2.36. The van der Waals surface area contributed by atoms with Crippen LogP contribution in [0.15, 0.2) is 157 Å². The predicted octanol–water partition coefficient (Wildman–Crippen LogP) is 18.2. The van der Waals surface area contributed by atoms with E-state index in [-0.39, 0.29) is 27.7 Å². The van der Waals surface area contributed by atoms with Crippen molar-refractivity contribution in [2.24, 2.45) is 5.41 Å². The minimum Gasteiger partial charge on any atom is -0.456 e. The van der Waals surface area contributed by atoms with E-state index < -0.39 is 0 Å². The van der Waals surface area contributed by atoms with Crippen LogP contribution in [0, 0.1) is 5.41 Å². The van der Waals surface area contributed by atoms with Gasteiger partial charge >= 0.3 is 0 Å². The molecular weight excluding hydrogens is 805 g/mol. The van der Waals surface area contributed by atoms with Crippen molar-refractivity contribution in [2.75, 3.05) is 9.80 Å². The average molecular weight is 869 g/mol. The Morgan fingerprint density at radius 1 is 0.394 bits per heavy atom. The van der Waals surface area contributed by atoms with Gasteiger partial charge in [0.25, 0.3) is 0 Å². The summed E-state index contributed by atoms with van der Waals surface area (Å²) in [7, 11) is 0. The number of fused-ring (bicyclic) bond motifs is 4. The predicted molar refractivity (Wildman–Crippen MR) is 279 cm³/mol. The van der Waals surface area contributed by atoms with Gasteiger partial charge in [-0.15, -0.1) is 0 Å². The number of ether oxygens (including phenoxy) is 2. The first-order valence-electron chi connectivity index (χ1n) is 23.8. The number of nitrogens with zero attached hydrogens (tertiary/aromatic N) is 2. The molecule has 1 atom stereocenters. The third kappa shape index (κ3) is 7.78. The Hall–Kier alpha value is -6.52. The molecular formula is C62H64N2O2. The van der Waals surface area contributed by atoms with Gasteiger partial charge < -0.3 is 19.3 Å². The second-order valence-electron chi connectivity index (χ2n) is 22.7. The fourth-order valence-corrected chi connectivity index (χ4v) is 9.89. The van der Waals surface area contributed by atoms with Crippen LogP contribution in [-0.2, 0) is 16.2 Å². The number of hydrogen-bond acceptors (Lipinski definition) is 4. The van der Waals surface area contributed by atoms with Crippen molar-refractivity contribution in [3.63, 3.8) is 0 Å². The monoisotopic (exact) mass is 868 g/mol. The summed E-state index contributed by atoms with van der Waals surface area (Å²) in [6.45, 7) is 27.2. The van der Waals surface area contributed by atoms with E-state index >= 15 is 0 Å². The van der Waals surface area contributed by atoms with E-state index in [4.69, 9.17) is 9.47 Å². The number of anilines is 5. The second-order valence-corrected chi connectivity index (χ2v) is 22.7. The van der Waals surface area contributed by atoms with Crippen LogP contribution in [0.3, 0.4) is 0 Å². The van der Waals surface area contributed by atoms with Crippen molar-refractivity contribution < 1.29 is 9.47 Å². The van der Waals surface area contributed by atoms with Gasteiger partial charge in [-0.2, -0.15) is 0 Å². The number of benzene rings is 7. The molecule has 7 aromatic rings. The highest BCUT2D eigenvalue weighted by Gasteiger charge is 2.31. The number of allylic oxidation sites excluding steroid dienone is 2. The Labute approximate surface area is 393 Å². The van der Waals surface area contributed by atoms with E-state index in [1.165, 1.54) is 28.0 Å². The molecule has 334 valence electrons. The molecule has 10 rings (SSSR count). The second kappa shape index (κ2) is 15.5. The Morgan fingerprint density at radius 2 is 0.788 bits per heavy atom. The summed E-state index contributed by atoms with van der Waals surface area (Å²) in [4.78, 5) is 4.81. The van der Waals surface area contributed by atoms with Crippen LogP contribution in [0.1, 0.15) is 106 Å². The molecule has 7 aromatic carbocycles. The zero-order chi connectivity index (χ0) is 46.5. The van der Waals surface area contributed by atoms with Crippen LogP contribution in [0.25, 0.3) is 33.0 Å². The first-order valence-corrected chi connectivity index (χ1v) is 23.8. The zero-order valence-electron chi connectivity index (χ0n) is 40.9. The van der Waals surface area contributed by atoms with Crippen LogP contribution in [-0.4, -0.2) is 6.04 Å². The van der Waals surface area contributed by atoms with Crippen LogP contribution in [0.4, 0.5) is 28.4 Å². The minimum atomic E-state index is 0.0595. The lowest BCUT2D eigenvalue weighted by atomic mass is 9.82. The van der Waals surface area contributed by atoms with Gasteiger partial charge in [0.05, 0.1) is 6.04 Å². The van der Waals surface area contributed by atoms with Crippen molar-refractivity contribution in [1.29, 1.82) is 0 Å². The highest BCUT2D eigenvalue weighted by atomic mass is 16.5. The van der Waals surface area contributed by atoms with Gasteiger partial charge in [0.15, 0.2) is 0 Å². The molecule has 2 heterocycles. The third-order valence-electron chi connectivity index (χ3n) is 13.8. The summed E-state index contributed by atoms with van der Waals surface area (Å²) < 4.78 is 13.9. The summed E-state index contributed by atoms with van der Waals surface area (Å²) >= 11 is 0. The molecule has 4 nitrogen and oxygen atoms in total. The molecule has 0 radical (unpaired) electrons. The molecule has 0 fully saturated rings. The van der Waals surface area contributed by atoms with E-state index in [9.17, 15) is 0 Å². The minimum absolute atomic E-state index is 0.0595. The van der Waals surface area contributed by atoms with Crippen LogP contribution >= 0.6 is 0 Å². The summed E-state index contributed by atoms with van der Waals surface area (Å²) in [5.74, 6) is 3.38. The maximum Gasteiger partial charge on any atom is 0.137 e. The summed E-state index contributed by atoms with van der Waals surface area (Å²) in [6, 6.07) is 49.4. The molecule has 0 N–H and O–H groups in total. The first-order chi connectivity index (χ1) is 31.2. The fourth-order valence-electron chi connectivity index (χ4n) is 9.89. The maximum absolute atomic E-state index is 6.94. The smallest absolute Gasteiger partial charge is 0.137 e. The Morgan fingerprint density at radius 3 is 1.20 bits per heavy atom. The van der Waals surface area contributed by atoms with Crippen molar-refractivity contribution >= 4 is 39.2 Å². The van der Waals surface area contributed by atoms with E-state index in [2.05, 4.69) is 245 Å². The van der Waals surface area contributed by atoms with Gasteiger partial charge in [-0.05, 0) is 134 Å². The molecule has 2 aliphatic heterocycles. The lowest BCUT2D eigenvalue weighted by molar-refractivity contribution is 0.475. The van der Waals surface area contributed by atoms with Crippen LogP contribution in [0.2, 0.25) is 0 Å². The van der Waals surface area contributed by atoms with Crippen molar-refractivity contribution in [3.8, 4) is 45.3 Å². The molecule has 1 unspecified atom stereocenters.